The van der Waals surface area contributed by atoms with Crippen LogP contribution < -0.4 is 10.6 Å². The van der Waals surface area contributed by atoms with Crippen molar-refractivity contribution >= 4 is 16.7 Å². The van der Waals surface area contributed by atoms with Crippen molar-refractivity contribution in [1.82, 2.24) is 25.3 Å². The predicted octanol–water partition coefficient (Wildman–Crippen LogP) is 2.18. The van der Waals surface area contributed by atoms with Gasteiger partial charge in [-0.2, -0.15) is 0 Å². The normalized spacial score (nSPS) is 16.0. The van der Waals surface area contributed by atoms with Crippen LogP contribution in [-0.4, -0.2) is 39.1 Å². The molecular weight excluding hydrogens is 276 g/mol. The summed E-state index contributed by atoms with van der Waals surface area (Å²) in [6.07, 6.45) is 11.3. The van der Waals surface area contributed by atoms with Crippen LogP contribution in [0.25, 0.3) is 22.2 Å². The number of rotatable bonds is 3. The number of nitrogens with zero attached hydrogens (tertiary/aromatic N) is 3. The molecule has 0 unspecified atom stereocenters. The van der Waals surface area contributed by atoms with E-state index >= 15 is 0 Å². The number of piperidine rings is 1. The molecule has 0 atom stereocenters. The van der Waals surface area contributed by atoms with Gasteiger partial charge in [-0.25, -0.2) is 15.0 Å². The minimum atomic E-state index is 0.502. The highest BCUT2D eigenvalue weighted by molar-refractivity contribution is 6.02. The van der Waals surface area contributed by atoms with Crippen molar-refractivity contribution < 1.29 is 0 Å². The van der Waals surface area contributed by atoms with Crippen LogP contribution in [0.5, 0.6) is 0 Å². The maximum absolute atomic E-state index is 4.43. The van der Waals surface area contributed by atoms with Gasteiger partial charge in [0.05, 0.1) is 0 Å². The molecule has 1 aliphatic rings. The second kappa shape index (κ2) is 5.73. The molecular formula is C16H18N6. The van der Waals surface area contributed by atoms with Gasteiger partial charge in [-0.3, -0.25) is 0 Å². The molecule has 4 rings (SSSR count). The second-order valence-electron chi connectivity index (χ2n) is 5.58. The van der Waals surface area contributed by atoms with Crippen LogP contribution in [0.2, 0.25) is 0 Å². The molecule has 0 spiro atoms. The fourth-order valence-electron chi connectivity index (χ4n) is 3.03. The number of aromatic nitrogens is 4. The van der Waals surface area contributed by atoms with Crippen LogP contribution in [0, 0.1) is 0 Å². The van der Waals surface area contributed by atoms with E-state index < -0.39 is 0 Å². The van der Waals surface area contributed by atoms with Crippen LogP contribution in [0.1, 0.15) is 12.8 Å². The van der Waals surface area contributed by atoms with E-state index in [2.05, 4.69) is 30.6 Å². The zero-order valence-electron chi connectivity index (χ0n) is 12.2. The summed E-state index contributed by atoms with van der Waals surface area (Å²) in [4.78, 5) is 15.9. The molecule has 3 aromatic rings. The number of nitrogens with one attached hydrogen (secondary N) is 3. The Morgan fingerprint density at radius 3 is 2.77 bits per heavy atom. The molecule has 0 aliphatic carbocycles. The third kappa shape index (κ3) is 2.42. The third-order valence-electron chi connectivity index (χ3n) is 4.14. The first-order valence-electron chi connectivity index (χ1n) is 7.60. The molecule has 3 aromatic heterocycles. The van der Waals surface area contributed by atoms with Crippen LogP contribution in [0.3, 0.4) is 0 Å². The predicted molar refractivity (Wildman–Crippen MR) is 86.6 cm³/mol. The molecule has 0 amide bonds. The number of hydrogen-bond donors (Lipinski definition) is 3. The highest BCUT2D eigenvalue weighted by Crippen LogP contribution is 2.33. The molecule has 1 saturated heterocycles. The van der Waals surface area contributed by atoms with Crippen LogP contribution in [0.4, 0.5) is 5.69 Å². The van der Waals surface area contributed by atoms with Gasteiger partial charge in [0, 0.05) is 53.0 Å². The number of hydrogen-bond acceptors (Lipinski definition) is 5. The van der Waals surface area contributed by atoms with Crippen molar-refractivity contribution in [2.45, 2.75) is 18.9 Å². The molecule has 112 valence electrons. The topological polar surface area (TPSA) is 78.5 Å². The lowest BCUT2D eigenvalue weighted by molar-refractivity contribution is 0.479. The quantitative estimate of drug-likeness (QED) is 0.690. The van der Waals surface area contributed by atoms with Gasteiger partial charge in [0.2, 0.25) is 0 Å². The summed E-state index contributed by atoms with van der Waals surface area (Å²) in [5, 5.41) is 8.18. The van der Waals surface area contributed by atoms with Crippen molar-refractivity contribution in [3.63, 3.8) is 0 Å². The van der Waals surface area contributed by atoms with Crippen molar-refractivity contribution in [2.24, 2.45) is 0 Å². The van der Waals surface area contributed by atoms with Crippen LogP contribution in [-0.2, 0) is 0 Å². The number of H-pyrrole nitrogens is 1. The van der Waals surface area contributed by atoms with Crippen molar-refractivity contribution in [3.8, 4) is 11.1 Å². The number of aromatic amines is 1. The van der Waals surface area contributed by atoms with Crippen molar-refractivity contribution in [2.75, 3.05) is 18.4 Å². The Labute approximate surface area is 128 Å². The van der Waals surface area contributed by atoms with Crippen LogP contribution >= 0.6 is 0 Å². The van der Waals surface area contributed by atoms with Gasteiger partial charge >= 0.3 is 0 Å². The molecule has 0 saturated carbocycles. The minimum Gasteiger partial charge on any atom is -0.382 e. The highest BCUT2D eigenvalue weighted by Gasteiger charge is 2.16. The first-order chi connectivity index (χ1) is 10.9. The molecule has 3 N–H and O–H groups in total. The Hall–Kier alpha value is -2.47. The first-order valence-corrected chi connectivity index (χ1v) is 7.60. The monoisotopic (exact) mass is 294 g/mol. The van der Waals surface area contributed by atoms with E-state index in [0.29, 0.717) is 6.04 Å². The van der Waals surface area contributed by atoms with E-state index in [4.69, 9.17) is 0 Å². The zero-order chi connectivity index (χ0) is 14.8. The molecule has 22 heavy (non-hydrogen) atoms. The Kier molecular flexibility index (Phi) is 3.44. The van der Waals surface area contributed by atoms with Gasteiger partial charge in [-0.1, -0.05) is 0 Å². The summed E-state index contributed by atoms with van der Waals surface area (Å²) in [7, 11) is 0. The largest absolute Gasteiger partial charge is 0.382 e. The third-order valence-corrected chi connectivity index (χ3v) is 4.14. The van der Waals surface area contributed by atoms with Gasteiger partial charge in [0.15, 0.2) is 0 Å². The van der Waals surface area contributed by atoms with Gasteiger partial charge in [-0.15, -0.1) is 0 Å². The number of fused-ring (bicyclic) bond motifs is 1. The van der Waals surface area contributed by atoms with Gasteiger partial charge in [0.1, 0.15) is 12.0 Å². The van der Waals surface area contributed by atoms with E-state index in [0.717, 1.165) is 53.8 Å². The van der Waals surface area contributed by atoms with E-state index in [1.807, 2.05) is 30.9 Å². The fraction of sp³-hybridized carbons (Fsp3) is 0.312. The molecule has 6 heteroatoms. The molecule has 0 bridgehead atoms. The maximum Gasteiger partial charge on any atom is 0.139 e. The Morgan fingerprint density at radius 1 is 1.14 bits per heavy atom. The van der Waals surface area contributed by atoms with Gasteiger partial charge in [0.25, 0.3) is 0 Å². The summed E-state index contributed by atoms with van der Waals surface area (Å²) in [5.41, 5.74) is 4.09. The summed E-state index contributed by atoms with van der Waals surface area (Å²) in [5.74, 6) is 0. The lowest BCUT2D eigenvalue weighted by atomic mass is 10.0. The van der Waals surface area contributed by atoms with Gasteiger partial charge < -0.3 is 15.6 Å². The van der Waals surface area contributed by atoms with Crippen molar-refractivity contribution in [3.05, 3.63) is 37.2 Å². The number of anilines is 1. The highest BCUT2D eigenvalue weighted by atomic mass is 15.0. The maximum atomic E-state index is 4.43. The molecule has 1 aliphatic heterocycles. The van der Waals surface area contributed by atoms with Crippen LogP contribution in [0.15, 0.2) is 37.2 Å². The number of pyridine rings is 1. The molecule has 6 nitrogen and oxygen atoms in total. The van der Waals surface area contributed by atoms with E-state index in [1.165, 1.54) is 0 Å². The molecule has 0 radical (unpaired) electrons. The lowest BCUT2D eigenvalue weighted by Gasteiger charge is -2.25. The van der Waals surface area contributed by atoms with E-state index in [-0.39, 0.29) is 0 Å². The van der Waals surface area contributed by atoms with Crippen molar-refractivity contribution in [1.29, 1.82) is 0 Å². The Bertz CT molecular complexity index is 761. The summed E-state index contributed by atoms with van der Waals surface area (Å²) in [6.45, 7) is 2.14. The SMILES string of the molecule is c1ncc(-c2c[nH]c3nccc(NC4CCNCC4)c23)cn1. The Morgan fingerprint density at radius 2 is 1.95 bits per heavy atom. The molecule has 4 heterocycles. The molecule has 0 aromatic carbocycles. The summed E-state index contributed by atoms with van der Waals surface area (Å²) < 4.78 is 0. The zero-order valence-corrected chi connectivity index (χ0v) is 12.2. The molecule has 1 fully saturated rings. The fourth-order valence-corrected chi connectivity index (χ4v) is 3.03. The van der Waals surface area contributed by atoms with E-state index in [1.54, 1.807) is 6.33 Å². The Balaban J connectivity index is 1.76. The van der Waals surface area contributed by atoms with Gasteiger partial charge in [-0.05, 0) is 32.0 Å². The average Bonchev–Trinajstić information content (AvgIpc) is 3.02. The smallest absolute Gasteiger partial charge is 0.139 e. The first kappa shape index (κ1) is 13.2. The average molecular weight is 294 g/mol. The second-order valence-corrected chi connectivity index (χ2v) is 5.58. The standard InChI is InChI=1S/C16H18N6/c1-4-17-5-2-12(1)22-14-3-6-20-16-15(14)13(9-21-16)11-7-18-10-19-8-11/h3,6-10,12,17H,1-2,4-5H2,(H2,20,21,22). The lowest BCUT2D eigenvalue weighted by Crippen LogP contribution is -2.35. The minimum absolute atomic E-state index is 0.502. The summed E-state index contributed by atoms with van der Waals surface area (Å²) >= 11 is 0. The van der Waals surface area contributed by atoms with E-state index in [9.17, 15) is 0 Å². The summed E-state index contributed by atoms with van der Waals surface area (Å²) in [6, 6.07) is 2.55.